The quantitative estimate of drug-likeness (QED) is 0.447. The second-order valence-electron chi connectivity index (χ2n) is 7.61. The summed E-state index contributed by atoms with van der Waals surface area (Å²) in [5.41, 5.74) is -0.141. The van der Waals surface area contributed by atoms with E-state index in [0.717, 1.165) is 37.8 Å². The third kappa shape index (κ3) is 5.59. The van der Waals surface area contributed by atoms with E-state index in [4.69, 9.17) is 4.74 Å². The van der Waals surface area contributed by atoms with Crippen LogP contribution >= 0.6 is 0 Å². The molecule has 0 spiro atoms. The van der Waals surface area contributed by atoms with Crippen molar-refractivity contribution in [1.82, 2.24) is 14.5 Å². The number of fused-ring (bicyclic) bond motifs is 1. The SMILES string of the molecule is CCCC(CCC)Nc1ncc2cc(Oc3ccc(F)cc3F)c(=O)n(CCCO)c2n1. The van der Waals surface area contributed by atoms with Gasteiger partial charge in [0.2, 0.25) is 5.95 Å². The van der Waals surface area contributed by atoms with Crippen molar-refractivity contribution >= 4 is 17.0 Å². The molecule has 0 saturated heterocycles. The fourth-order valence-corrected chi connectivity index (χ4v) is 3.56. The molecule has 2 N–H and O–H groups in total. The third-order valence-electron chi connectivity index (χ3n) is 5.06. The molecule has 0 aliphatic rings. The number of rotatable bonds is 11. The largest absolute Gasteiger partial charge is 0.448 e. The van der Waals surface area contributed by atoms with E-state index < -0.39 is 17.2 Å². The smallest absolute Gasteiger partial charge is 0.295 e. The van der Waals surface area contributed by atoms with Crippen LogP contribution in [-0.2, 0) is 6.54 Å². The van der Waals surface area contributed by atoms with Gasteiger partial charge in [-0.25, -0.2) is 13.8 Å². The number of anilines is 1. The lowest BCUT2D eigenvalue weighted by Gasteiger charge is -2.18. The summed E-state index contributed by atoms with van der Waals surface area (Å²) in [5.74, 6) is -1.65. The van der Waals surface area contributed by atoms with Crippen LogP contribution in [0.15, 0.2) is 35.3 Å². The van der Waals surface area contributed by atoms with Crippen LogP contribution in [0.25, 0.3) is 11.0 Å². The molecule has 32 heavy (non-hydrogen) atoms. The van der Waals surface area contributed by atoms with Gasteiger partial charge in [0.15, 0.2) is 17.3 Å². The van der Waals surface area contributed by atoms with Gasteiger partial charge in [0, 0.05) is 36.8 Å². The van der Waals surface area contributed by atoms with E-state index in [1.54, 1.807) is 6.20 Å². The topological polar surface area (TPSA) is 89.3 Å². The van der Waals surface area contributed by atoms with Crippen LogP contribution in [0.1, 0.15) is 46.0 Å². The molecule has 0 unspecified atom stereocenters. The van der Waals surface area contributed by atoms with Gasteiger partial charge < -0.3 is 15.2 Å². The molecule has 3 aromatic rings. The standard InChI is InChI=1S/C23H28F2N4O3/c1-3-6-17(7-4-2)27-23-26-14-15-12-20(32-19-9-8-16(24)13-18(19)25)22(31)29(10-5-11-30)21(15)28-23/h8-9,12-14,17,30H,3-7,10-11H2,1-2H3,(H,26,27,28). The molecule has 0 aliphatic carbocycles. The summed E-state index contributed by atoms with van der Waals surface area (Å²) in [6, 6.07) is 4.52. The summed E-state index contributed by atoms with van der Waals surface area (Å²) in [6.07, 6.45) is 5.89. The molecule has 0 saturated carbocycles. The predicted molar refractivity (Wildman–Crippen MR) is 119 cm³/mol. The van der Waals surface area contributed by atoms with Crippen LogP contribution in [0.5, 0.6) is 11.5 Å². The van der Waals surface area contributed by atoms with Gasteiger partial charge in [-0.15, -0.1) is 0 Å². The van der Waals surface area contributed by atoms with Gasteiger partial charge in [0.1, 0.15) is 11.5 Å². The van der Waals surface area contributed by atoms with Crippen LogP contribution in [0.2, 0.25) is 0 Å². The molecule has 1 aromatic carbocycles. The van der Waals surface area contributed by atoms with E-state index in [1.165, 1.54) is 10.6 Å². The molecule has 9 heteroatoms. The highest BCUT2D eigenvalue weighted by molar-refractivity contribution is 5.77. The normalized spacial score (nSPS) is 11.3. The first-order valence-corrected chi connectivity index (χ1v) is 10.9. The average Bonchev–Trinajstić information content (AvgIpc) is 2.76. The van der Waals surface area contributed by atoms with Crippen LogP contribution in [0.3, 0.4) is 0 Å². The van der Waals surface area contributed by atoms with E-state index in [1.807, 2.05) is 0 Å². The lowest BCUT2D eigenvalue weighted by Crippen LogP contribution is -2.24. The molecular formula is C23H28F2N4O3. The zero-order valence-electron chi connectivity index (χ0n) is 18.3. The number of aliphatic hydroxyl groups is 1. The molecule has 0 bridgehead atoms. The number of benzene rings is 1. The average molecular weight is 446 g/mol. The molecule has 0 amide bonds. The third-order valence-corrected chi connectivity index (χ3v) is 5.06. The second kappa shape index (κ2) is 11.0. The van der Waals surface area contributed by atoms with Gasteiger partial charge in [0.25, 0.3) is 5.56 Å². The Bertz CT molecular complexity index is 1110. The van der Waals surface area contributed by atoms with E-state index in [-0.39, 0.29) is 30.7 Å². The Morgan fingerprint density at radius 1 is 1.16 bits per heavy atom. The minimum Gasteiger partial charge on any atom is -0.448 e. The number of hydrogen-bond donors (Lipinski definition) is 2. The maximum atomic E-state index is 14.0. The van der Waals surface area contributed by atoms with E-state index in [9.17, 15) is 18.7 Å². The Hall–Kier alpha value is -3.07. The minimum atomic E-state index is -0.917. The van der Waals surface area contributed by atoms with Crippen LogP contribution in [-0.4, -0.2) is 32.3 Å². The van der Waals surface area contributed by atoms with Gasteiger partial charge in [0.05, 0.1) is 0 Å². The van der Waals surface area contributed by atoms with Crippen molar-refractivity contribution in [3.8, 4) is 11.5 Å². The van der Waals surface area contributed by atoms with Gasteiger partial charge in [-0.2, -0.15) is 4.98 Å². The van der Waals surface area contributed by atoms with E-state index >= 15 is 0 Å². The lowest BCUT2D eigenvalue weighted by atomic mass is 10.1. The highest BCUT2D eigenvalue weighted by atomic mass is 19.1. The molecule has 0 aliphatic heterocycles. The Morgan fingerprint density at radius 3 is 2.56 bits per heavy atom. The van der Waals surface area contributed by atoms with Crippen molar-refractivity contribution in [3.63, 3.8) is 0 Å². The number of nitrogens with zero attached hydrogens (tertiary/aromatic N) is 3. The predicted octanol–water partition coefficient (Wildman–Crippen LogP) is 4.63. The van der Waals surface area contributed by atoms with Crippen molar-refractivity contribution in [2.45, 2.75) is 58.5 Å². The lowest BCUT2D eigenvalue weighted by molar-refractivity contribution is 0.279. The first-order valence-electron chi connectivity index (χ1n) is 10.9. The number of aliphatic hydroxyl groups excluding tert-OH is 1. The van der Waals surface area contributed by atoms with Crippen LogP contribution in [0, 0.1) is 11.6 Å². The number of pyridine rings is 1. The minimum absolute atomic E-state index is 0.114. The number of ether oxygens (including phenoxy) is 1. The Kier molecular flexibility index (Phi) is 8.10. The fraction of sp³-hybridized carbons (Fsp3) is 0.435. The summed E-state index contributed by atoms with van der Waals surface area (Å²) in [5, 5.41) is 13.1. The van der Waals surface area contributed by atoms with Crippen molar-refractivity contribution in [3.05, 3.63) is 52.5 Å². The van der Waals surface area contributed by atoms with Crippen molar-refractivity contribution in [2.75, 3.05) is 11.9 Å². The summed E-state index contributed by atoms with van der Waals surface area (Å²) in [7, 11) is 0. The summed E-state index contributed by atoms with van der Waals surface area (Å²) in [6.45, 7) is 4.31. The number of aryl methyl sites for hydroxylation is 1. The first-order chi connectivity index (χ1) is 15.5. The van der Waals surface area contributed by atoms with Crippen LogP contribution in [0.4, 0.5) is 14.7 Å². The molecule has 0 atom stereocenters. The highest BCUT2D eigenvalue weighted by Gasteiger charge is 2.16. The molecule has 0 fully saturated rings. The maximum Gasteiger partial charge on any atom is 0.295 e. The number of nitrogens with one attached hydrogen (secondary N) is 1. The Labute approximate surface area is 185 Å². The summed E-state index contributed by atoms with van der Waals surface area (Å²) >= 11 is 0. The summed E-state index contributed by atoms with van der Waals surface area (Å²) in [4.78, 5) is 22.0. The fourth-order valence-electron chi connectivity index (χ4n) is 3.56. The van der Waals surface area contributed by atoms with Crippen molar-refractivity contribution in [2.24, 2.45) is 0 Å². The number of aromatic nitrogens is 3. The van der Waals surface area contributed by atoms with Gasteiger partial charge in [-0.05, 0) is 37.5 Å². The zero-order valence-corrected chi connectivity index (χ0v) is 18.3. The monoisotopic (exact) mass is 446 g/mol. The van der Waals surface area contributed by atoms with E-state index in [0.29, 0.717) is 29.5 Å². The Morgan fingerprint density at radius 2 is 1.91 bits per heavy atom. The van der Waals surface area contributed by atoms with Gasteiger partial charge in [-0.1, -0.05) is 26.7 Å². The molecule has 7 nitrogen and oxygen atoms in total. The molecule has 3 rings (SSSR count). The number of halogens is 2. The van der Waals surface area contributed by atoms with Crippen molar-refractivity contribution in [1.29, 1.82) is 0 Å². The highest BCUT2D eigenvalue weighted by Crippen LogP contribution is 2.25. The molecule has 172 valence electrons. The molecule has 2 aromatic heterocycles. The van der Waals surface area contributed by atoms with Crippen LogP contribution < -0.4 is 15.6 Å². The van der Waals surface area contributed by atoms with Gasteiger partial charge in [-0.3, -0.25) is 9.36 Å². The van der Waals surface area contributed by atoms with E-state index in [2.05, 4.69) is 29.1 Å². The second-order valence-corrected chi connectivity index (χ2v) is 7.61. The maximum absolute atomic E-state index is 14.0. The zero-order chi connectivity index (χ0) is 23.1. The summed E-state index contributed by atoms with van der Waals surface area (Å²) < 4.78 is 34.1. The molecule has 2 heterocycles. The van der Waals surface area contributed by atoms with Crippen molar-refractivity contribution < 1.29 is 18.6 Å². The first kappa shape index (κ1) is 23.6. The molecule has 0 radical (unpaired) electrons. The molecular weight excluding hydrogens is 418 g/mol. The van der Waals surface area contributed by atoms with Gasteiger partial charge >= 0.3 is 0 Å². The Balaban J connectivity index is 2.02. The number of hydrogen-bond acceptors (Lipinski definition) is 6.